The number of benzene rings is 1. The molecule has 2 aromatic rings. The van der Waals surface area contributed by atoms with E-state index in [1.165, 1.54) is 0 Å². The van der Waals surface area contributed by atoms with Crippen LogP contribution in [0.15, 0.2) is 55.4 Å². The Morgan fingerprint density at radius 3 is 2.18 bits per heavy atom. The molecule has 0 saturated carbocycles. The summed E-state index contributed by atoms with van der Waals surface area (Å²) in [6.45, 7) is 4.08. The summed E-state index contributed by atoms with van der Waals surface area (Å²) in [6, 6.07) is 10.9. The molecular weight excluding hydrogens is 249 g/mol. The van der Waals surface area contributed by atoms with E-state index in [4.69, 9.17) is 0 Å². The molecule has 0 fully saturated rings. The van der Waals surface area contributed by atoms with Crippen molar-refractivity contribution in [2.24, 2.45) is 0 Å². The molecule has 0 bridgehead atoms. The van der Waals surface area contributed by atoms with Gasteiger partial charge in [-0.15, -0.1) is 0 Å². The second-order valence-corrected chi connectivity index (χ2v) is 4.31. The molecule has 0 saturated heterocycles. The zero-order valence-electron chi connectivity index (χ0n) is 9.17. The molecule has 3 heteroatoms. The third-order valence-electron chi connectivity index (χ3n) is 2.46. The van der Waals surface area contributed by atoms with E-state index in [-0.39, 0.29) is 5.75 Å². The molecule has 0 aliphatic heterocycles. The Morgan fingerprint density at radius 1 is 1.00 bits per heavy atom. The van der Waals surface area contributed by atoms with Gasteiger partial charge >= 0.3 is 109 Å². The molecular formula is C14H11NOV. The van der Waals surface area contributed by atoms with Crippen LogP contribution in [0.4, 0.5) is 0 Å². The van der Waals surface area contributed by atoms with E-state index in [9.17, 15) is 5.11 Å². The molecule has 1 heterocycles. The van der Waals surface area contributed by atoms with Gasteiger partial charge in [0.2, 0.25) is 0 Å². The van der Waals surface area contributed by atoms with Crippen molar-refractivity contribution in [2.75, 3.05) is 0 Å². The topological polar surface area (TPSA) is 33.1 Å². The standard InChI is InChI=1S/C14H11NO.V/c1-11(13-6-8-15-9-7-13)10-12-2-4-14(16)5-3-12;/h2-9,16H,1H2;. The number of nitrogens with zero attached hydrogens (tertiary/aromatic N) is 1. The summed E-state index contributed by atoms with van der Waals surface area (Å²) in [6.07, 6.45) is 3.50. The molecule has 0 unspecified atom stereocenters. The van der Waals surface area contributed by atoms with E-state index in [1.54, 1.807) is 24.5 Å². The SMILES string of the molecule is C=C([C](=[V])c1ccc(O)cc1)c1ccncc1. The normalized spacial score (nSPS) is 9.82. The van der Waals surface area contributed by atoms with Gasteiger partial charge in [0, 0.05) is 0 Å². The molecule has 0 spiro atoms. The van der Waals surface area contributed by atoms with E-state index in [1.807, 2.05) is 24.3 Å². The molecule has 2 rings (SSSR count). The number of phenolic OH excluding ortho intramolecular Hbond substituents is 1. The van der Waals surface area contributed by atoms with Crippen molar-refractivity contribution in [1.82, 2.24) is 4.98 Å². The molecule has 2 nitrogen and oxygen atoms in total. The first-order valence-corrected chi connectivity index (χ1v) is 5.83. The molecule has 1 aromatic heterocycles. The summed E-state index contributed by atoms with van der Waals surface area (Å²) < 4.78 is 1.03. The molecule has 0 atom stereocenters. The van der Waals surface area contributed by atoms with E-state index in [0.717, 1.165) is 20.9 Å². The summed E-state index contributed by atoms with van der Waals surface area (Å²) in [5.41, 5.74) is 3.02. The Hall–Kier alpha value is -1.64. The van der Waals surface area contributed by atoms with Gasteiger partial charge in [-0.1, -0.05) is 0 Å². The van der Waals surface area contributed by atoms with E-state index in [0.29, 0.717) is 0 Å². The Balaban J connectivity index is 2.27. The van der Waals surface area contributed by atoms with Gasteiger partial charge in [0.1, 0.15) is 0 Å². The quantitative estimate of drug-likeness (QED) is 0.920. The van der Waals surface area contributed by atoms with Crippen LogP contribution < -0.4 is 0 Å². The Labute approximate surface area is 109 Å². The van der Waals surface area contributed by atoms with Crippen LogP contribution in [-0.4, -0.2) is 14.3 Å². The third-order valence-corrected chi connectivity index (χ3v) is 3.28. The predicted octanol–water partition coefficient (Wildman–Crippen LogP) is 2.57. The van der Waals surface area contributed by atoms with Crippen molar-refractivity contribution in [2.45, 2.75) is 0 Å². The molecule has 83 valence electrons. The van der Waals surface area contributed by atoms with Crippen LogP contribution in [0.5, 0.6) is 5.75 Å². The fourth-order valence-corrected chi connectivity index (χ4v) is 1.92. The van der Waals surface area contributed by atoms with Gasteiger partial charge in [-0.25, -0.2) is 0 Å². The van der Waals surface area contributed by atoms with Crippen LogP contribution in [0, 0.1) is 0 Å². The van der Waals surface area contributed by atoms with Crippen molar-refractivity contribution in [3.8, 4) is 5.75 Å². The third kappa shape index (κ3) is 2.73. The average Bonchev–Trinajstić information content (AvgIpc) is 2.39. The second kappa shape index (κ2) is 5.13. The summed E-state index contributed by atoms with van der Waals surface area (Å²) >= 11 is 2.52. The van der Waals surface area contributed by atoms with Gasteiger partial charge in [-0.2, -0.15) is 0 Å². The fraction of sp³-hybridized carbons (Fsp3) is 0. The van der Waals surface area contributed by atoms with Crippen LogP contribution in [0.3, 0.4) is 0 Å². The Bertz CT molecular complexity index is 546. The summed E-state index contributed by atoms with van der Waals surface area (Å²) in [5, 5.41) is 9.25. The van der Waals surface area contributed by atoms with Crippen molar-refractivity contribution >= 4 is 9.80 Å². The maximum atomic E-state index is 9.25. The van der Waals surface area contributed by atoms with Crippen molar-refractivity contribution in [3.63, 3.8) is 0 Å². The molecule has 0 amide bonds. The van der Waals surface area contributed by atoms with Crippen LogP contribution in [0.25, 0.3) is 5.57 Å². The number of hydrogen-bond donors (Lipinski definition) is 1. The summed E-state index contributed by atoms with van der Waals surface area (Å²) in [7, 11) is 0. The Morgan fingerprint density at radius 2 is 1.59 bits per heavy atom. The molecule has 0 radical (unpaired) electrons. The van der Waals surface area contributed by atoms with Gasteiger partial charge in [0.05, 0.1) is 0 Å². The van der Waals surface area contributed by atoms with Crippen LogP contribution in [-0.2, 0) is 17.0 Å². The average molecular weight is 260 g/mol. The molecule has 0 aliphatic rings. The zero-order chi connectivity index (χ0) is 12.3. The maximum absolute atomic E-state index is 9.25. The number of hydrogen-bond acceptors (Lipinski definition) is 2. The predicted molar refractivity (Wildman–Crippen MR) is 65.5 cm³/mol. The Kier molecular flexibility index (Phi) is 3.57. The van der Waals surface area contributed by atoms with Gasteiger partial charge in [-0.3, -0.25) is 0 Å². The van der Waals surface area contributed by atoms with Gasteiger partial charge in [-0.05, 0) is 0 Å². The van der Waals surface area contributed by atoms with Crippen LogP contribution in [0.2, 0.25) is 0 Å². The molecule has 1 N–H and O–H groups in total. The fourth-order valence-electron chi connectivity index (χ4n) is 1.48. The van der Waals surface area contributed by atoms with E-state index >= 15 is 0 Å². The first kappa shape index (κ1) is 11.8. The van der Waals surface area contributed by atoms with Gasteiger partial charge in [0.25, 0.3) is 0 Å². The van der Waals surface area contributed by atoms with Gasteiger partial charge in [0.15, 0.2) is 0 Å². The van der Waals surface area contributed by atoms with E-state index in [2.05, 4.69) is 28.5 Å². The number of aromatic hydroxyl groups is 1. The first-order valence-electron chi connectivity index (χ1n) is 5.13. The summed E-state index contributed by atoms with van der Waals surface area (Å²) in [4.78, 5) is 3.98. The number of allylic oxidation sites excluding steroid dienone is 1. The number of rotatable bonds is 3. The second-order valence-electron chi connectivity index (χ2n) is 3.61. The minimum absolute atomic E-state index is 0.267. The van der Waals surface area contributed by atoms with Gasteiger partial charge < -0.3 is 0 Å². The molecule has 0 aliphatic carbocycles. The molecule has 17 heavy (non-hydrogen) atoms. The van der Waals surface area contributed by atoms with Crippen molar-refractivity contribution < 1.29 is 22.1 Å². The zero-order valence-corrected chi connectivity index (χ0v) is 10.6. The number of pyridine rings is 1. The van der Waals surface area contributed by atoms with Crippen LogP contribution in [0.1, 0.15) is 11.1 Å². The van der Waals surface area contributed by atoms with Crippen molar-refractivity contribution in [3.05, 3.63) is 66.5 Å². The van der Waals surface area contributed by atoms with Crippen molar-refractivity contribution in [1.29, 1.82) is 0 Å². The number of phenols is 1. The number of aromatic nitrogens is 1. The first-order chi connectivity index (χ1) is 8.18. The van der Waals surface area contributed by atoms with E-state index < -0.39 is 0 Å². The summed E-state index contributed by atoms with van der Waals surface area (Å²) in [5.74, 6) is 0.267. The monoisotopic (exact) mass is 260 g/mol. The minimum atomic E-state index is 0.267. The van der Waals surface area contributed by atoms with Crippen LogP contribution >= 0.6 is 0 Å². The molecule has 1 aromatic carbocycles.